The number of likely N-dealkylation sites (tertiary alicyclic amines) is 1. The lowest BCUT2D eigenvalue weighted by molar-refractivity contribution is -0.145. The third-order valence-corrected chi connectivity index (χ3v) is 11.7. The first-order valence-electron chi connectivity index (χ1n) is 14.7. The summed E-state index contributed by atoms with van der Waals surface area (Å²) < 4.78 is -1.34. The van der Waals surface area contributed by atoms with Crippen molar-refractivity contribution in [3.63, 3.8) is 0 Å². The second-order valence-electron chi connectivity index (χ2n) is 12.1. The maximum absolute atomic E-state index is 15.0. The predicted molar refractivity (Wildman–Crippen MR) is 173 cm³/mol. The molecule has 2 unspecified atom stereocenters. The number of aryl methyl sites for hydroxylation is 1. The van der Waals surface area contributed by atoms with E-state index in [1.54, 1.807) is 51.7 Å². The van der Waals surface area contributed by atoms with Gasteiger partial charge in [0.1, 0.15) is 6.04 Å². The Kier molecular flexibility index (Phi) is 8.85. The molecular weight excluding hydrogens is 582 g/mol. The molecule has 5 rings (SSSR count). The zero-order valence-electron chi connectivity index (χ0n) is 25.0. The first-order chi connectivity index (χ1) is 20.5. The second kappa shape index (κ2) is 12.1. The molecule has 0 saturated carbocycles. The van der Waals surface area contributed by atoms with E-state index < -0.39 is 33.4 Å². The van der Waals surface area contributed by atoms with Gasteiger partial charge in [-0.15, -0.1) is 24.9 Å². The van der Waals surface area contributed by atoms with Crippen LogP contribution in [0.2, 0.25) is 5.02 Å². The Morgan fingerprint density at radius 1 is 1.12 bits per heavy atom. The summed E-state index contributed by atoms with van der Waals surface area (Å²) in [5.74, 6) is -1.94. The molecule has 3 fully saturated rings. The number of benzene rings is 2. The Bertz CT molecular complexity index is 1420. The van der Waals surface area contributed by atoms with E-state index in [9.17, 15) is 14.7 Å². The van der Waals surface area contributed by atoms with Crippen LogP contribution in [-0.4, -0.2) is 80.9 Å². The van der Waals surface area contributed by atoms with Crippen molar-refractivity contribution in [1.29, 1.82) is 0 Å². The summed E-state index contributed by atoms with van der Waals surface area (Å²) in [4.78, 5) is 48.7. The van der Waals surface area contributed by atoms with E-state index >= 15 is 4.79 Å². The molecule has 0 radical (unpaired) electrons. The fourth-order valence-electron chi connectivity index (χ4n) is 7.60. The average Bonchev–Trinajstić information content (AvgIpc) is 3.56. The quantitative estimate of drug-likeness (QED) is 0.361. The van der Waals surface area contributed by atoms with Gasteiger partial charge in [0, 0.05) is 24.9 Å². The highest BCUT2D eigenvalue weighted by molar-refractivity contribution is 8.02. The number of carbonyl (C=O) groups excluding carboxylic acids is 3. The SMILES string of the molecule is C=CCN(C)C(=O)[C@@H]1[C@H]2C(=O)N([C@@H](CO)Cc3ccccc3)C(C(=O)N(CC=C)c3c(C)cccc3Cl)C23CC[C@@]1(C)S3. The van der Waals surface area contributed by atoms with Crippen molar-refractivity contribution in [2.24, 2.45) is 11.8 Å². The molecule has 3 heterocycles. The summed E-state index contributed by atoms with van der Waals surface area (Å²) >= 11 is 8.32. The van der Waals surface area contributed by atoms with E-state index in [4.69, 9.17) is 11.6 Å². The van der Waals surface area contributed by atoms with Gasteiger partial charge in [-0.3, -0.25) is 14.4 Å². The molecule has 3 aliphatic rings. The molecule has 7 nitrogen and oxygen atoms in total. The third-order valence-electron chi connectivity index (χ3n) is 9.45. The Morgan fingerprint density at radius 3 is 2.44 bits per heavy atom. The lowest BCUT2D eigenvalue weighted by Gasteiger charge is -2.40. The van der Waals surface area contributed by atoms with Gasteiger partial charge in [-0.05, 0) is 50.3 Å². The normalized spacial score (nSPS) is 28.0. The number of aliphatic hydroxyl groups excluding tert-OH is 1. The number of anilines is 1. The van der Waals surface area contributed by atoms with Crippen LogP contribution in [0.3, 0.4) is 0 Å². The van der Waals surface area contributed by atoms with Crippen molar-refractivity contribution in [1.82, 2.24) is 9.80 Å². The summed E-state index contributed by atoms with van der Waals surface area (Å²) in [6, 6.07) is 13.6. The van der Waals surface area contributed by atoms with Gasteiger partial charge < -0.3 is 19.8 Å². The maximum Gasteiger partial charge on any atom is 0.251 e. The van der Waals surface area contributed by atoms with Crippen molar-refractivity contribution < 1.29 is 19.5 Å². The van der Waals surface area contributed by atoms with Crippen LogP contribution in [0.25, 0.3) is 0 Å². The van der Waals surface area contributed by atoms with Crippen molar-refractivity contribution in [2.75, 3.05) is 31.6 Å². The van der Waals surface area contributed by atoms with E-state index in [1.165, 1.54) is 0 Å². The van der Waals surface area contributed by atoms with E-state index in [-0.39, 0.29) is 30.9 Å². The van der Waals surface area contributed by atoms with Crippen LogP contribution >= 0.6 is 23.4 Å². The number of likely N-dealkylation sites (N-methyl/N-ethyl adjacent to an activating group) is 1. The molecule has 6 atom stereocenters. The van der Waals surface area contributed by atoms with Gasteiger partial charge in [0.05, 0.1) is 39.9 Å². The number of carbonyl (C=O) groups is 3. The number of thioether (sulfide) groups is 1. The van der Waals surface area contributed by atoms with E-state index in [1.807, 2.05) is 49.4 Å². The molecular formula is C34H40ClN3O4S. The summed E-state index contributed by atoms with van der Waals surface area (Å²) in [6.07, 6.45) is 5.01. The number of fused-ring (bicyclic) bond motifs is 1. The Hall–Kier alpha value is -3.07. The van der Waals surface area contributed by atoms with Gasteiger partial charge >= 0.3 is 0 Å². The number of nitrogens with zero attached hydrogens (tertiary/aromatic N) is 3. The number of amides is 3. The number of halogens is 1. The van der Waals surface area contributed by atoms with Crippen molar-refractivity contribution in [3.05, 3.63) is 90.0 Å². The van der Waals surface area contributed by atoms with Gasteiger partial charge in [0.2, 0.25) is 11.8 Å². The van der Waals surface area contributed by atoms with Gasteiger partial charge in [0.15, 0.2) is 0 Å². The largest absolute Gasteiger partial charge is 0.394 e. The van der Waals surface area contributed by atoms with Crippen LogP contribution in [0.4, 0.5) is 5.69 Å². The molecule has 2 aromatic carbocycles. The maximum atomic E-state index is 15.0. The molecule has 228 valence electrons. The van der Waals surface area contributed by atoms with Crippen molar-refractivity contribution in [3.8, 4) is 0 Å². The summed E-state index contributed by atoms with van der Waals surface area (Å²) in [7, 11) is 1.73. The number of hydrogen-bond donors (Lipinski definition) is 1. The molecule has 2 aromatic rings. The third kappa shape index (κ3) is 5.11. The minimum atomic E-state index is -0.907. The fraction of sp³-hybridized carbons (Fsp3) is 0.441. The molecule has 1 spiro atoms. The Balaban J connectivity index is 1.66. The topological polar surface area (TPSA) is 81.2 Å². The number of hydrogen-bond acceptors (Lipinski definition) is 5. The lowest BCUT2D eigenvalue weighted by Crippen LogP contribution is -2.58. The predicted octanol–water partition coefficient (Wildman–Crippen LogP) is 4.90. The number of aliphatic hydroxyl groups is 1. The average molecular weight is 622 g/mol. The van der Waals surface area contributed by atoms with Crippen LogP contribution in [0.1, 0.15) is 30.9 Å². The van der Waals surface area contributed by atoms with E-state index in [2.05, 4.69) is 20.1 Å². The molecule has 0 aliphatic carbocycles. The van der Waals surface area contributed by atoms with Crippen LogP contribution in [0, 0.1) is 18.8 Å². The first kappa shape index (κ1) is 31.4. The standard InChI is InChI=1S/C34H40ClN3O4S/c1-6-18-36(5)30(40)26-27-31(41)38(24(21-39)20-23-13-9-8-10-14-23)29(34(27)17-16-33(26,4)43-34)32(42)37(19-7-2)28-22(3)12-11-15-25(28)35/h6-15,24,26-27,29,39H,1-2,16-21H2,3-5H3/t24-,26+,27+,29?,33-,34?/m1/s1. The highest BCUT2D eigenvalue weighted by atomic mass is 35.5. The zero-order valence-corrected chi connectivity index (χ0v) is 26.6. The summed E-state index contributed by atoms with van der Waals surface area (Å²) in [5.41, 5.74) is 2.35. The van der Waals surface area contributed by atoms with E-state index in [0.29, 0.717) is 36.5 Å². The zero-order chi connectivity index (χ0) is 31.1. The van der Waals surface area contributed by atoms with Crippen LogP contribution < -0.4 is 4.90 Å². The lowest BCUT2D eigenvalue weighted by atomic mass is 9.66. The Morgan fingerprint density at radius 2 is 1.81 bits per heavy atom. The highest BCUT2D eigenvalue weighted by Crippen LogP contribution is 2.72. The molecule has 43 heavy (non-hydrogen) atoms. The number of rotatable bonds is 11. The molecule has 3 amide bonds. The van der Waals surface area contributed by atoms with Crippen LogP contribution in [0.5, 0.6) is 0 Å². The molecule has 1 N–H and O–H groups in total. The fourth-order valence-corrected chi connectivity index (χ4v) is 10.3. The molecule has 0 aromatic heterocycles. The van der Waals surface area contributed by atoms with Crippen molar-refractivity contribution in [2.45, 2.75) is 54.7 Å². The molecule has 3 saturated heterocycles. The first-order valence-corrected chi connectivity index (χ1v) is 15.9. The number of para-hydroxylation sites is 1. The smallest absolute Gasteiger partial charge is 0.251 e. The molecule has 3 aliphatic heterocycles. The second-order valence-corrected chi connectivity index (χ2v) is 14.5. The van der Waals surface area contributed by atoms with Crippen LogP contribution in [0.15, 0.2) is 73.8 Å². The minimum absolute atomic E-state index is 0.114. The van der Waals surface area contributed by atoms with Gasteiger partial charge in [-0.25, -0.2) is 0 Å². The minimum Gasteiger partial charge on any atom is -0.394 e. The van der Waals surface area contributed by atoms with Gasteiger partial charge in [0.25, 0.3) is 5.91 Å². The Labute approximate surface area is 263 Å². The molecule has 9 heteroatoms. The van der Waals surface area contributed by atoms with Gasteiger partial charge in [-0.2, -0.15) is 0 Å². The summed E-state index contributed by atoms with van der Waals surface area (Å²) in [6.45, 7) is 11.9. The van der Waals surface area contributed by atoms with Crippen LogP contribution in [-0.2, 0) is 20.8 Å². The van der Waals surface area contributed by atoms with Crippen molar-refractivity contribution >= 4 is 46.8 Å². The van der Waals surface area contributed by atoms with E-state index in [0.717, 1.165) is 11.1 Å². The monoisotopic (exact) mass is 621 g/mol. The summed E-state index contributed by atoms with van der Waals surface area (Å²) in [5, 5.41) is 11.2. The van der Waals surface area contributed by atoms with Gasteiger partial charge in [-0.1, -0.05) is 66.2 Å². The molecule has 2 bridgehead atoms. The highest BCUT2D eigenvalue weighted by Gasteiger charge is 2.78.